The number of pyridine rings is 2. The van der Waals surface area contributed by atoms with E-state index < -0.39 is 0 Å². The van der Waals surface area contributed by atoms with Crippen molar-refractivity contribution in [3.63, 3.8) is 0 Å². The van der Waals surface area contributed by atoms with Gasteiger partial charge in [-0.15, -0.1) is 0 Å². The van der Waals surface area contributed by atoms with Gasteiger partial charge >= 0.3 is 0 Å². The van der Waals surface area contributed by atoms with E-state index in [0.717, 1.165) is 22.5 Å². The van der Waals surface area contributed by atoms with Crippen molar-refractivity contribution < 1.29 is 13.6 Å². The predicted molar refractivity (Wildman–Crippen MR) is 87.3 cm³/mol. The second-order valence-corrected chi connectivity index (χ2v) is 5.16. The van der Waals surface area contributed by atoms with Crippen molar-refractivity contribution in [2.45, 2.75) is 0 Å². The first-order valence-corrected chi connectivity index (χ1v) is 7.36. The lowest BCUT2D eigenvalue weighted by molar-refractivity contribution is 0.0983. The maximum Gasteiger partial charge on any atom is 0.263 e. The zero-order valence-corrected chi connectivity index (χ0v) is 12.5. The molecule has 0 aliphatic rings. The molecular formula is C19H12N2O3. The van der Waals surface area contributed by atoms with E-state index in [4.69, 9.17) is 8.83 Å². The van der Waals surface area contributed by atoms with Crippen LogP contribution in [0, 0.1) is 0 Å². The highest BCUT2D eigenvalue weighted by Gasteiger charge is 2.19. The van der Waals surface area contributed by atoms with Crippen molar-refractivity contribution >= 4 is 5.78 Å². The van der Waals surface area contributed by atoms with Crippen LogP contribution in [0.15, 0.2) is 82.3 Å². The van der Waals surface area contributed by atoms with Crippen LogP contribution in [0.3, 0.4) is 0 Å². The molecule has 0 saturated carbocycles. The molecular weight excluding hydrogens is 304 g/mol. The third-order valence-electron chi connectivity index (χ3n) is 3.57. The Morgan fingerprint density at radius 3 is 1.67 bits per heavy atom. The fraction of sp³-hybridized carbons (Fsp3) is 0. The highest BCUT2D eigenvalue weighted by molar-refractivity contribution is 6.06. The maximum atomic E-state index is 12.5. The van der Waals surface area contributed by atoms with E-state index >= 15 is 0 Å². The second-order valence-electron chi connectivity index (χ2n) is 5.16. The van der Waals surface area contributed by atoms with E-state index in [0.29, 0.717) is 0 Å². The number of hydrogen-bond donors (Lipinski definition) is 0. The summed E-state index contributed by atoms with van der Waals surface area (Å²) in [5.41, 5.74) is 2.98. The van der Waals surface area contributed by atoms with Crippen molar-refractivity contribution in [1.29, 1.82) is 0 Å². The lowest BCUT2D eigenvalue weighted by atomic mass is 10.1. The number of carbonyl (C=O) groups excluding carboxylic acids is 1. The molecule has 0 atom stereocenters. The summed E-state index contributed by atoms with van der Waals surface area (Å²) >= 11 is 0. The zero-order chi connectivity index (χ0) is 16.4. The third-order valence-corrected chi connectivity index (χ3v) is 3.57. The number of nitrogens with zero attached hydrogens (tertiary/aromatic N) is 2. The van der Waals surface area contributed by atoms with Crippen molar-refractivity contribution in [2.24, 2.45) is 0 Å². The maximum absolute atomic E-state index is 12.5. The Morgan fingerprint density at radius 1 is 0.750 bits per heavy atom. The molecule has 0 fully saturated rings. The molecule has 0 unspecified atom stereocenters. The van der Waals surface area contributed by atoms with Gasteiger partial charge in [0.1, 0.15) is 12.5 Å². The van der Waals surface area contributed by atoms with Crippen LogP contribution in [0.4, 0.5) is 0 Å². The normalized spacial score (nSPS) is 10.7. The minimum absolute atomic E-state index is 0.206. The van der Waals surface area contributed by atoms with Crippen molar-refractivity contribution in [3.8, 4) is 22.5 Å². The summed E-state index contributed by atoms with van der Waals surface area (Å²) in [6.45, 7) is 0. The third kappa shape index (κ3) is 2.63. The van der Waals surface area contributed by atoms with E-state index in [9.17, 15) is 4.79 Å². The highest BCUT2D eigenvalue weighted by Crippen LogP contribution is 2.24. The molecule has 0 radical (unpaired) electrons. The molecule has 4 heterocycles. The van der Waals surface area contributed by atoms with Gasteiger partial charge in [-0.25, -0.2) is 0 Å². The molecule has 0 aliphatic carbocycles. The fourth-order valence-electron chi connectivity index (χ4n) is 2.37. The molecule has 0 aliphatic heterocycles. The van der Waals surface area contributed by atoms with Gasteiger partial charge in [-0.3, -0.25) is 14.8 Å². The molecule has 0 N–H and O–H groups in total. The standard InChI is InChI=1S/C19H12N2O3/c22-19(17-9-13(11-23-17)15-5-1-3-7-20-15)18-10-14(12-24-18)16-6-2-4-8-21-16/h1-12H. The molecule has 0 aromatic carbocycles. The van der Waals surface area contributed by atoms with E-state index in [-0.39, 0.29) is 17.3 Å². The Kier molecular flexibility index (Phi) is 3.51. The van der Waals surface area contributed by atoms with Gasteiger partial charge in [0.15, 0.2) is 11.5 Å². The summed E-state index contributed by atoms with van der Waals surface area (Å²) < 4.78 is 10.8. The van der Waals surface area contributed by atoms with Gasteiger partial charge in [0, 0.05) is 23.5 Å². The second kappa shape index (κ2) is 5.96. The van der Waals surface area contributed by atoms with Crippen LogP contribution >= 0.6 is 0 Å². The fourth-order valence-corrected chi connectivity index (χ4v) is 2.37. The van der Waals surface area contributed by atoms with Crippen LogP contribution in [0.1, 0.15) is 16.3 Å². The Bertz CT molecular complexity index is 892. The number of aromatic nitrogens is 2. The van der Waals surface area contributed by atoms with Gasteiger partial charge in [-0.05, 0) is 36.4 Å². The monoisotopic (exact) mass is 316 g/mol. The number of hydrogen-bond acceptors (Lipinski definition) is 5. The Hall–Kier alpha value is -3.47. The van der Waals surface area contributed by atoms with E-state index in [1.807, 2.05) is 36.4 Å². The smallest absolute Gasteiger partial charge is 0.263 e. The number of rotatable bonds is 4. The molecule has 0 amide bonds. The van der Waals surface area contributed by atoms with Crippen molar-refractivity contribution in [2.75, 3.05) is 0 Å². The van der Waals surface area contributed by atoms with Crippen LogP contribution < -0.4 is 0 Å². The molecule has 116 valence electrons. The van der Waals surface area contributed by atoms with Crippen molar-refractivity contribution in [1.82, 2.24) is 9.97 Å². The van der Waals surface area contributed by atoms with Crippen LogP contribution in [0.25, 0.3) is 22.5 Å². The zero-order valence-electron chi connectivity index (χ0n) is 12.5. The van der Waals surface area contributed by atoms with Gasteiger partial charge in [0.2, 0.25) is 0 Å². The molecule has 0 bridgehead atoms. The minimum Gasteiger partial charge on any atom is -0.460 e. The summed E-state index contributed by atoms with van der Waals surface area (Å²) in [6, 6.07) is 14.4. The van der Waals surface area contributed by atoms with Crippen LogP contribution in [-0.4, -0.2) is 15.8 Å². The van der Waals surface area contributed by atoms with Gasteiger partial charge in [0.05, 0.1) is 11.4 Å². The van der Waals surface area contributed by atoms with Crippen LogP contribution in [0.2, 0.25) is 0 Å². The van der Waals surface area contributed by atoms with E-state index in [2.05, 4.69) is 9.97 Å². The first-order valence-electron chi connectivity index (χ1n) is 7.36. The molecule has 4 aromatic rings. The predicted octanol–water partition coefficient (Wildman–Crippen LogP) is 4.23. The first-order chi connectivity index (χ1) is 11.8. The van der Waals surface area contributed by atoms with Gasteiger partial charge in [-0.1, -0.05) is 12.1 Å². The molecule has 24 heavy (non-hydrogen) atoms. The summed E-state index contributed by atoms with van der Waals surface area (Å²) in [4.78, 5) is 21.0. The lowest BCUT2D eigenvalue weighted by Gasteiger charge is -1.93. The van der Waals surface area contributed by atoms with Gasteiger partial charge in [-0.2, -0.15) is 0 Å². The quantitative estimate of drug-likeness (QED) is 0.527. The summed E-state index contributed by atoms with van der Waals surface area (Å²) in [5.74, 6) is 0.0921. The molecule has 5 nitrogen and oxygen atoms in total. The average molecular weight is 316 g/mol. The van der Waals surface area contributed by atoms with Crippen molar-refractivity contribution in [3.05, 3.63) is 85.0 Å². The minimum atomic E-state index is -0.320. The summed E-state index contributed by atoms with van der Waals surface area (Å²) in [5, 5.41) is 0. The Labute approximate surface area is 137 Å². The molecule has 4 rings (SSSR count). The lowest BCUT2D eigenvalue weighted by Crippen LogP contribution is -1.97. The molecule has 0 spiro atoms. The Morgan fingerprint density at radius 2 is 1.25 bits per heavy atom. The highest BCUT2D eigenvalue weighted by atomic mass is 16.4. The molecule has 4 aromatic heterocycles. The molecule has 0 saturated heterocycles. The van der Waals surface area contributed by atoms with Crippen LogP contribution in [0.5, 0.6) is 0 Å². The number of furan rings is 2. The average Bonchev–Trinajstić information content (AvgIpc) is 3.33. The first kappa shape index (κ1) is 14.1. The largest absolute Gasteiger partial charge is 0.460 e. The molecule has 5 heteroatoms. The van der Waals surface area contributed by atoms with E-state index in [1.54, 1.807) is 24.5 Å². The summed E-state index contributed by atoms with van der Waals surface area (Å²) in [7, 11) is 0. The van der Waals surface area contributed by atoms with E-state index in [1.165, 1.54) is 12.5 Å². The number of carbonyl (C=O) groups is 1. The summed E-state index contributed by atoms with van der Waals surface area (Å²) in [6.07, 6.45) is 6.40. The number of ketones is 1. The van der Waals surface area contributed by atoms with Gasteiger partial charge < -0.3 is 8.83 Å². The Balaban J connectivity index is 1.61. The van der Waals surface area contributed by atoms with Crippen LogP contribution in [-0.2, 0) is 0 Å². The van der Waals surface area contributed by atoms with Gasteiger partial charge in [0.25, 0.3) is 5.78 Å². The SMILES string of the molecule is O=C(c1cc(-c2ccccn2)co1)c1cc(-c2ccccn2)co1. The topological polar surface area (TPSA) is 69.1 Å².